The highest BCUT2D eigenvalue weighted by Gasteiger charge is 2.24. The van der Waals surface area contributed by atoms with Crippen molar-refractivity contribution in [1.82, 2.24) is 19.1 Å². The number of nitrogens with one attached hydrogen (secondary N) is 1. The molecule has 3 aromatic rings. The number of thioether (sulfide) groups is 1. The average molecular weight is 454 g/mol. The van der Waals surface area contributed by atoms with Gasteiger partial charge >= 0.3 is 5.69 Å². The molecule has 0 aliphatic heterocycles. The maximum Gasteiger partial charge on any atom is 0.332 e. The normalized spacial score (nSPS) is 14.2. The van der Waals surface area contributed by atoms with Crippen molar-refractivity contribution < 1.29 is 4.79 Å². The summed E-state index contributed by atoms with van der Waals surface area (Å²) in [5.74, 6) is 0.771. The summed E-state index contributed by atoms with van der Waals surface area (Å²) < 4.78 is 2.44. The van der Waals surface area contributed by atoms with Gasteiger partial charge in [-0.1, -0.05) is 36.7 Å². The Hall–Kier alpha value is -2.94. The topological polar surface area (TPSA) is 98.9 Å². The maximum atomic E-state index is 12.9. The lowest BCUT2D eigenvalue weighted by Crippen LogP contribution is -2.38. The van der Waals surface area contributed by atoms with E-state index < -0.39 is 11.2 Å². The first kappa shape index (κ1) is 22.3. The number of hydrogen-bond acceptors (Lipinski definition) is 6. The third-order valence-corrected chi connectivity index (χ3v) is 6.99. The molecule has 1 saturated carbocycles. The van der Waals surface area contributed by atoms with Crippen molar-refractivity contribution in [2.45, 2.75) is 50.5 Å². The first-order chi connectivity index (χ1) is 15.3. The lowest BCUT2D eigenvalue weighted by molar-refractivity contribution is -0.113. The summed E-state index contributed by atoms with van der Waals surface area (Å²) in [7, 11) is 3.05. The van der Waals surface area contributed by atoms with Gasteiger partial charge in [0.05, 0.1) is 5.75 Å². The van der Waals surface area contributed by atoms with Gasteiger partial charge in [0.25, 0.3) is 5.56 Å². The van der Waals surface area contributed by atoms with E-state index in [4.69, 9.17) is 4.98 Å². The van der Waals surface area contributed by atoms with Crippen LogP contribution in [0.3, 0.4) is 0 Å². The third kappa shape index (κ3) is 4.21. The highest BCUT2D eigenvalue weighted by Crippen LogP contribution is 2.34. The molecule has 0 bridgehead atoms. The van der Waals surface area contributed by atoms with Crippen molar-refractivity contribution in [2.75, 3.05) is 11.1 Å². The first-order valence-corrected chi connectivity index (χ1v) is 11.7. The molecule has 1 aliphatic carbocycles. The molecule has 0 spiro atoms. The number of aryl methyl sites for hydroxylation is 3. The fourth-order valence-corrected chi connectivity index (χ4v) is 4.93. The molecule has 168 valence electrons. The number of carbonyl (C=O) groups is 1. The van der Waals surface area contributed by atoms with E-state index in [1.807, 2.05) is 32.0 Å². The predicted molar refractivity (Wildman–Crippen MR) is 126 cm³/mol. The van der Waals surface area contributed by atoms with E-state index in [1.54, 1.807) is 7.05 Å². The molecular weight excluding hydrogens is 426 g/mol. The van der Waals surface area contributed by atoms with E-state index in [2.05, 4.69) is 10.3 Å². The Balaban J connectivity index is 1.70. The number of carbonyl (C=O) groups excluding carboxylic acids is 1. The minimum Gasteiger partial charge on any atom is -0.325 e. The molecule has 1 aliphatic rings. The number of amides is 1. The van der Waals surface area contributed by atoms with Gasteiger partial charge in [-0.3, -0.25) is 18.7 Å². The van der Waals surface area contributed by atoms with Gasteiger partial charge in [-0.15, -0.1) is 0 Å². The highest BCUT2D eigenvalue weighted by molar-refractivity contribution is 8.00. The first-order valence-electron chi connectivity index (χ1n) is 10.7. The molecule has 1 aromatic carbocycles. The Morgan fingerprint density at radius 3 is 2.56 bits per heavy atom. The summed E-state index contributed by atoms with van der Waals surface area (Å²) in [5.41, 5.74) is 2.26. The maximum absolute atomic E-state index is 12.9. The number of benzene rings is 1. The van der Waals surface area contributed by atoms with E-state index >= 15 is 0 Å². The molecular formula is C23H27N5O3S. The van der Waals surface area contributed by atoms with Crippen molar-refractivity contribution in [3.63, 3.8) is 0 Å². The second-order valence-electron chi connectivity index (χ2n) is 8.43. The fourth-order valence-electron chi connectivity index (χ4n) is 4.11. The lowest BCUT2D eigenvalue weighted by Gasteiger charge is -2.14. The standard InChI is InChI=1S/C23H27N5O3S/c1-13-9-10-14(2)16(11-13)24-17(29)12-32-21-18-20(27(3)23(31)28(4)22(18)30)25-19(26-21)15-7-5-6-8-15/h9-11,15H,5-8,12H2,1-4H3,(H,24,29). The molecule has 8 nitrogen and oxygen atoms in total. The molecule has 0 saturated heterocycles. The molecule has 32 heavy (non-hydrogen) atoms. The summed E-state index contributed by atoms with van der Waals surface area (Å²) in [6.07, 6.45) is 4.20. The zero-order valence-corrected chi connectivity index (χ0v) is 19.6. The monoisotopic (exact) mass is 453 g/mol. The molecule has 1 fully saturated rings. The Kier molecular flexibility index (Phi) is 6.19. The number of anilines is 1. The SMILES string of the molecule is Cc1ccc(C)c(NC(=O)CSc2nc(C3CCCC3)nc3c2c(=O)n(C)c(=O)n3C)c1. The molecule has 0 unspecified atom stereocenters. The van der Waals surface area contributed by atoms with Gasteiger partial charge in [0.2, 0.25) is 5.91 Å². The molecule has 4 rings (SSSR count). The summed E-state index contributed by atoms with van der Waals surface area (Å²) in [4.78, 5) is 47.4. The van der Waals surface area contributed by atoms with E-state index in [0.717, 1.165) is 47.1 Å². The van der Waals surface area contributed by atoms with Crippen molar-refractivity contribution in [2.24, 2.45) is 14.1 Å². The molecule has 9 heteroatoms. The van der Waals surface area contributed by atoms with E-state index in [0.29, 0.717) is 16.5 Å². The zero-order valence-electron chi connectivity index (χ0n) is 18.8. The number of nitrogens with zero attached hydrogens (tertiary/aromatic N) is 4. The third-order valence-electron chi connectivity index (χ3n) is 6.01. The molecule has 2 heterocycles. The number of aromatic nitrogens is 4. The minimum absolute atomic E-state index is 0.0929. The van der Waals surface area contributed by atoms with Crippen LogP contribution < -0.4 is 16.6 Å². The van der Waals surface area contributed by atoms with E-state index in [9.17, 15) is 14.4 Å². The summed E-state index contributed by atoms with van der Waals surface area (Å²) in [6, 6.07) is 5.90. The Morgan fingerprint density at radius 2 is 1.84 bits per heavy atom. The Bertz CT molecular complexity index is 1320. The largest absolute Gasteiger partial charge is 0.332 e. The van der Waals surface area contributed by atoms with E-state index in [-0.39, 0.29) is 23.0 Å². The van der Waals surface area contributed by atoms with Gasteiger partial charge in [-0.05, 0) is 43.9 Å². The van der Waals surface area contributed by atoms with Crippen LogP contribution in [0.2, 0.25) is 0 Å². The summed E-state index contributed by atoms with van der Waals surface area (Å²) >= 11 is 1.21. The average Bonchev–Trinajstić information content (AvgIpc) is 3.31. The van der Waals surface area contributed by atoms with Crippen LogP contribution in [-0.2, 0) is 18.9 Å². The fraction of sp³-hybridized carbons (Fsp3) is 0.435. The second-order valence-corrected chi connectivity index (χ2v) is 9.39. The van der Waals surface area contributed by atoms with Crippen molar-refractivity contribution in [3.8, 4) is 0 Å². The van der Waals surface area contributed by atoms with Crippen molar-refractivity contribution >= 4 is 34.4 Å². The van der Waals surface area contributed by atoms with Crippen LogP contribution in [0.5, 0.6) is 0 Å². The quantitative estimate of drug-likeness (QED) is 0.471. The van der Waals surface area contributed by atoms with E-state index in [1.165, 1.54) is 23.4 Å². The predicted octanol–water partition coefficient (Wildman–Crippen LogP) is 3.03. The van der Waals surface area contributed by atoms with Gasteiger partial charge in [0.1, 0.15) is 16.2 Å². The van der Waals surface area contributed by atoms with Crippen LogP contribution in [0.15, 0.2) is 32.8 Å². The van der Waals surface area contributed by atoms with Crippen LogP contribution in [0.1, 0.15) is 48.6 Å². The number of hydrogen-bond donors (Lipinski definition) is 1. The van der Waals surface area contributed by atoms with Crippen LogP contribution >= 0.6 is 11.8 Å². The molecule has 1 N–H and O–H groups in total. The number of rotatable bonds is 5. The van der Waals surface area contributed by atoms with Crippen LogP contribution in [0.4, 0.5) is 5.69 Å². The van der Waals surface area contributed by atoms with Crippen LogP contribution in [0.25, 0.3) is 11.0 Å². The van der Waals surface area contributed by atoms with Gasteiger partial charge in [0, 0.05) is 25.7 Å². The van der Waals surface area contributed by atoms with Gasteiger partial charge in [0.15, 0.2) is 5.65 Å². The van der Waals surface area contributed by atoms with Crippen LogP contribution in [0, 0.1) is 13.8 Å². The minimum atomic E-state index is -0.446. The van der Waals surface area contributed by atoms with Gasteiger partial charge in [-0.2, -0.15) is 0 Å². The molecule has 0 atom stereocenters. The summed E-state index contributed by atoms with van der Waals surface area (Å²) in [5, 5.41) is 3.67. The Labute approximate surface area is 190 Å². The van der Waals surface area contributed by atoms with Crippen molar-refractivity contribution in [3.05, 3.63) is 56.0 Å². The lowest BCUT2D eigenvalue weighted by atomic mass is 10.1. The Morgan fingerprint density at radius 1 is 1.12 bits per heavy atom. The van der Waals surface area contributed by atoms with Crippen molar-refractivity contribution in [1.29, 1.82) is 0 Å². The highest BCUT2D eigenvalue weighted by atomic mass is 32.2. The second kappa shape index (κ2) is 8.90. The smallest absolute Gasteiger partial charge is 0.325 e. The molecule has 1 amide bonds. The molecule has 0 radical (unpaired) electrons. The molecule has 2 aromatic heterocycles. The number of fused-ring (bicyclic) bond motifs is 1. The van der Waals surface area contributed by atoms with Crippen LogP contribution in [-0.4, -0.2) is 30.8 Å². The zero-order chi connectivity index (χ0) is 23.0. The van der Waals surface area contributed by atoms with Gasteiger partial charge < -0.3 is 5.32 Å². The summed E-state index contributed by atoms with van der Waals surface area (Å²) in [6.45, 7) is 3.92. The van der Waals surface area contributed by atoms with Gasteiger partial charge in [-0.25, -0.2) is 14.8 Å².